The summed E-state index contributed by atoms with van der Waals surface area (Å²) in [5.41, 5.74) is 0.0918. The molecule has 2 aliphatic rings. The number of hydrogen-bond acceptors (Lipinski definition) is 4. The monoisotopic (exact) mass is 326 g/mol. The SMILES string of the molecule is C[C@@H]1OC(B2OC(C)(C)C(C)(C)O2)=C[C@H](C)[C@H]1O[Si](C)(C)C. The van der Waals surface area contributed by atoms with Gasteiger partial charge in [0.15, 0.2) is 8.32 Å². The molecule has 126 valence electrons. The first-order valence-corrected chi connectivity index (χ1v) is 11.6. The molecule has 2 aliphatic heterocycles. The highest BCUT2D eigenvalue weighted by Gasteiger charge is 2.54. The molecule has 0 saturated carbocycles. The smallest absolute Gasteiger partial charge is 0.496 e. The third-order valence-electron chi connectivity index (χ3n) is 4.71. The molecule has 1 fully saturated rings. The Labute approximate surface area is 136 Å². The number of hydrogen-bond donors (Lipinski definition) is 0. The van der Waals surface area contributed by atoms with Gasteiger partial charge in [0.05, 0.1) is 17.3 Å². The van der Waals surface area contributed by atoms with E-state index < -0.39 is 15.4 Å². The van der Waals surface area contributed by atoms with Crippen LogP contribution in [0.3, 0.4) is 0 Å². The molecule has 1 saturated heterocycles. The molecule has 0 aliphatic carbocycles. The standard InChI is InChI=1S/C16H31BO4Si/c1-11-10-13(17-20-15(3,4)16(5,6)21-17)18-12(2)14(11)19-22(7,8)9/h10-12,14H,1-9H3/t11-,12-,14+/m0/s1. The van der Waals surface area contributed by atoms with Crippen molar-refractivity contribution in [3.05, 3.63) is 11.7 Å². The zero-order valence-electron chi connectivity index (χ0n) is 15.5. The van der Waals surface area contributed by atoms with Gasteiger partial charge in [-0.15, -0.1) is 0 Å². The molecule has 0 bridgehead atoms. The van der Waals surface area contributed by atoms with Crippen LogP contribution < -0.4 is 0 Å². The summed E-state index contributed by atoms with van der Waals surface area (Å²) >= 11 is 0. The molecule has 4 nitrogen and oxygen atoms in total. The Hall–Kier alpha value is -0.298. The average Bonchev–Trinajstić information content (AvgIpc) is 2.52. The van der Waals surface area contributed by atoms with E-state index in [0.717, 1.165) is 5.66 Å². The van der Waals surface area contributed by atoms with Crippen molar-refractivity contribution in [2.24, 2.45) is 5.92 Å². The Morgan fingerprint density at radius 1 is 1.05 bits per heavy atom. The lowest BCUT2D eigenvalue weighted by molar-refractivity contribution is -0.0138. The van der Waals surface area contributed by atoms with E-state index in [1.54, 1.807) is 0 Å². The first-order valence-electron chi connectivity index (χ1n) is 8.24. The van der Waals surface area contributed by atoms with Crippen LogP contribution in [0.2, 0.25) is 19.6 Å². The fourth-order valence-corrected chi connectivity index (χ4v) is 4.03. The molecule has 3 atom stereocenters. The summed E-state index contributed by atoms with van der Waals surface area (Å²) in [6.07, 6.45) is 2.20. The summed E-state index contributed by atoms with van der Waals surface area (Å²) in [5.74, 6) is 0.282. The van der Waals surface area contributed by atoms with Gasteiger partial charge in [-0.1, -0.05) is 6.92 Å². The van der Waals surface area contributed by atoms with Crippen molar-refractivity contribution in [2.75, 3.05) is 0 Å². The van der Waals surface area contributed by atoms with Crippen LogP contribution in [0.15, 0.2) is 11.7 Å². The fraction of sp³-hybridized carbons (Fsp3) is 0.875. The van der Waals surface area contributed by atoms with Gasteiger partial charge in [-0.05, 0) is 60.3 Å². The van der Waals surface area contributed by atoms with Gasteiger partial charge >= 0.3 is 7.12 Å². The molecular weight excluding hydrogens is 295 g/mol. The second-order valence-electron chi connectivity index (χ2n) is 8.53. The molecule has 2 rings (SSSR count). The Morgan fingerprint density at radius 2 is 1.55 bits per heavy atom. The molecule has 0 radical (unpaired) electrons. The van der Waals surface area contributed by atoms with Crippen LogP contribution in [-0.4, -0.2) is 38.8 Å². The number of ether oxygens (including phenoxy) is 1. The Kier molecular flexibility index (Phi) is 4.64. The maximum atomic E-state index is 6.28. The molecule has 0 unspecified atom stereocenters. The Bertz CT molecular complexity index is 440. The molecule has 0 amide bonds. The van der Waals surface area contributed by atoms with Crippen molar-refractivity contribution in [1.82, 2.24) is 0 Å². The maximum Gasteiger partial charge on any atom is 0.531 e. The maximum absolute atomic E-state index is 6.28. The Morgan fingerprint density at radius 3 is 1.95 bits per heavy atom. The van der Waals surface area contributed by atoms with Gasteiger partial charge in [0.25, 0.3) is 0 Å². The van der Waals surface area contributed by atoms with Gasteiger partial charge in [0, 0.05) is 5.92 Å². The van der Waals surface area contributed by atoms with Crippen LogP contribution in [0.4, 0.5) is 0 Å². The van der Waals surface area contributed by atoms with Crippen LogP contribution >= 0.6 is 0 Å². The van der Waals surface area contributed by atoms with Gasteiger partial charge in [-0.2, -0.15) is 0 Å². The van der Waals surface area contributed by atoms with Gasteiger partial charge in [-0.25, -0.2) is 0 Å². The average molecular weight is 326 g/mol. The molecule has 6 heteroatoms. The zero-order valence-corrected chi connectivity index (χ0v) is 16.5. The summed E-state index contributed by atoms with van der Waals surface area (Å²) in [6, 6.07) is 0. The number of rotatable bonds is 3. The van der Waals surface area contributed by atoms with Crippen molar-refractivity contribution >= 4 is 15.4 Å². The lowest BCUT2D eigenvalue weighted by Crippen LogP contribution is -2.46. The van der Waals surface area contributed by atoms with Gasteiger partial charge < -0.3 is 18.5 Å². The predicted molar refractivity (Wildman–Crippen MR) is 92.1 cm³/mol. The lowest BCUT2D eigenvalue weighted by atomic mass is 9.81. The van der Waals surface area contributed by atoms with E-state index in [9.17, 15) is 0 Å². The minimum Gasteiger partial charge on any atom is -0.496 e. The first-order chi connectivity index (χ1) is 9.82. The third kappa shape index (κ3) is 3.61. The van der Waals surface area contributed by atoms with Crippen molar-refractivity contribution in [1.29, 1.82) is 0 Å². The topological polar surface area (TPSA) is 36.9 Å². The van der Waals surface area contributed by atoms with Crippen molar-refractivity contribution in [3.63, 3.8) is 0 Å². The molecular formula is C16H31BO4Si. The molecule has 22 heavy (non-hydrogen) atoms. The van der Waals surface area contributed by atoms with Gasteiger partial charge in [0.2, 0.25) is 0 Å². The highest BCUT2D eigenvalue weighted by Crippen LogP contribution is 2.40. The van der Waals surface area contributed by atoms with Crippen LogP contribution in [0.25, 0.3) is 0 Å². The molecule has 0 aromatic heterocycles. The van der Waals surface area contributed by atoms with E-state index in [4.69, 9.17) is 18.5 Å². The zero-order chi connectivity index (χ0) is 16.9. The predicted octanol–water partition coefficient (Wildman–Crippen LogP) is 3.78. The van der Waals surface area contributed by atoms with Crippen molar-refractivity contribution in [3.8, 4) is 0 Å². The minimum absolute atomic E-state index is 0.000694. The summed E-state index contributed by atoms with van der Waals surface area (Å²) in [6.45, 7) is 19.1. The van der Waals surface area contributed by atoms with Gasteiger partial charge in [-0.3, -0.25) is 0 Å². The quantitative estimate of drug-likeness (QED) is 0.740. The van der Waals surface area contributed by atoms with Crippen LogP contribution in [0, 0.1) is 5.92 Å². The van der Waals surface area contributed by atoms with Crippen molar-refractivity contribution < 1.29 is 18.5 Å². The van der Waals surface area contributed by atoms with E-state index in [0.29, 0.717) is 0 Å². The normalized spacial score (nSPS) is 34.3. The molecule has 0 N–H and O–H groups in total. The molecule has 0 spiro atoms. The largest absolute Gasteiger partial charge is 0.531 e. The minimum atomic E-state index is -1.60. The molecule has 0 aromatic carbocycles. The van der Waals surface area contributed by atoms with E-state index in [1.807, 2.05) is 0 Å². The van der Waals surface area contributed by atoms with Crippen molar-refractivity contribution in [2.45, 2.75) is 84.6 Å². The molecule has 2 heterocycles. The van der Waals surface area contributed by atoms with Crippen LogP contribution in [0.5, 0.6) is 0 Å². The fourth-order valence-electron chi connectivity index (χ4n) is 2.81. The summed E-state index contributed by atoms with van der Waals surface area (Å²) in [4.78, 5) is 0. The van der Waals surface area contributed by atoms with Crippen LogP contribution in [-0.2, 0) is 18.5 Å². The van der Waals surface area contributed by atoms with Gasteiger partial charge in [0.1, 0.15) is 11.8 Å². The van der Waals surface area contributed by atoms with E-state index in [-0.39, 0.29) is 29.3 Å². The summed E-state index contributed by atoms with van der Waals surface area (Å²) < 4.78 is 24.6. The second kappa shape index (κ2) is 5.65. The first kappa shape index (κ1) is 18.0. The second-order valence-corrected chi connectivity index (χ2v) is 13.0. The van der Waals surface area contributed by atoms with E-state index >= 15 is 0 Å². The third-order valence-corrected chi connectivity index (χ3v) is 5.68. The van der Waals surface area contributed by atoms with Crippen LogP contribution in [0.1, 0.15) is 41.5 Å². The lowest BCUT2D eigenvalue weighted by Gasteiger charge is -2.38. The molecule has 0 aromatic rings. The Balaban J connectivity index is 2.14. The van der Waals surface area contributed by atoms with E-state index in [2.05, 4.69) is 67.3 Å². The highest BCUT2D eigenvalue weighted by molar-refractivity contribution is 6.69. The summed E-state index contributed by atoms with van der Waals surface area (Å²) in [5, 5.41) is 0. The summed E-state index contributed by atoms with van der Waals surface area (Å²) in [7, 11) is -2.03. The highest BCUT2D eigenvalue weighted by atomic mass is 28.4. The van der Waals surface area contributed by atoms with E-state index in [1.165, 1.54) is 0 Å².